The summed E-state index contributed by atoms with van der Waals surface area (Å²) in [5, 5.41) is 16.7. The van der Waals surface area contributed by atoms with Gasteiger partial charge in [0.1, 0.15) is 11.6 Å². The first kappa shape index (κ1) is 13.9. The molecule has 5 nitrogen and oxygen atoms in total. The van der Waals surface area contributed by atoms with Crippen LogP contribution < -0.4 is 15.2 Å². The molecule has 0 spiro atoms. The van der Waals surface area contributed by atoms with Crippen LogP contribution in [0.15, 0.2) is 42.5 Å². The van der Waals surface area contributed by atoms with Crippen LogP contribution in [0.1, 0.15) is 11.1 Å². The van der Waals surface area contributed by atoms with E-state index in [-0.39, 0.29) is 12.4 Å². The van der Waals surface area contributed by atoms with Crippen LogP contribution in [0.5, 0.6) is 17.2 Å². The quantitative estimate of drug-likeness (QED) is 0.575. The average molecular weight is 272 g/mol. The highest BCUT2D eigenvalue weighted by Crippen LogP contribution is 2.33. The highest BCUT2D eigenvalue weighted by atomic mass is 16.5. The van der Waals surface area contributed by atoms with Crippen molar-refractivity contribution in [2.24, 2.45) is 5.73 Å². The van der Waals surface area contributed by atoms with Crippen LogP contribution in [0.25, 0.3) is 0 Å². The summed E-state index contributed by atoms with van der Waals surface area (Å²) in [7, 11) is 1.53. The second-order valence-corrected chi connectivity index (χ2v) is 4.16. The van der Waals surface area contributed by atoms with Crippen molar-refractivity contribution >= 4 is 5.84 Å². The van der Waals surface area contributed by atoms with E-state index in [1.807, 2.05) is 0 Å². The zero-order valence-corrected chi connectivity index (χ0v) is 11.1. The first-order chi connectivity index (χ1) is 9.65. The van der Waals surface area contributed by atoms with Gasteiger partial charge in [-0.05, 0) is 29.8 Å². The normalized spacial score (nSPS) is 10.1. The molecule has 0 heterocycles. The van der Waals surface area contributed by atoms with Gasteiger partial charge in [-0.1, -0.05) is 18.2 Å². The summed E-state index contributed by atoms with van der Waals surface area (Å²) in [6.07, 6.45) is 0. The zero-order valence-electron chi connectivity index (χ0n) is 11.1. The standard InChI is InChI=1S/C15H16N2O3/c1-19-14-8-10(9-18)6-7-13(14)20-12-5-3-2-4-11(12)15(16)17/h2-8,18H,9H2,1H3,(H3,16,17). The summed E-state index contributed by atoms with van der Waals surface area (Å²) in [4.78, 5) is 0. The summed E-state index contributed by atoms with van der Waals surface area (Å²) in [6.45, 7) is -0.0688. The third kappa shape index (κ3) is 2.89. The van der Waals surface area contributed by atoms with E-state index in [9.17, 15) is 0 Å². The predicted octanol–water partition coefficient (Wildman–Crippen LogP) is 2.26. The molecule has 0 fully saturated rings. The van der Waals surface area contributed by atoms with Crippen molar-refractivity contribution in [3.05, 3.63) is 53.6 Å². The largest absolute Gasteiger partial charge is 0.493 e. The fourth-order valence-corrected chi connectivity index (χ4v) is 1.79. The number of aliphatic hydroxyl groups excluding tert-OH is 1. The fraction of sp³-hybridized carbons (Fsp3) is 0.133. The van der Waals surface area contributed by atoms with Gasteiger partial charge in [-0.25, -0.2) is 0 Å². The molecule has 0 bridgehead atoms. The highest BCUT2D eigenvalue weighted by Gasteiger charge is 2.11. The lowest BCUT2D eigenvalue weighted by Crippen LogP contribution is -2.12. The molecular formula is C15H16N2O3. The number of ether oxygens (including phenoxy) is 2. The van der Waals surface area contributed by atoms with Crippen molar-refractivity contribution in [3.8, 4) is 17.2 Å². The van der Waals surface area contributed by atoms with Gasteiger partial charge in [0.25, 0.3) is 0 Å². The van der Waals surface area contributed by atoms with E-state index >= 15 is 0 Å². The molecule has 4 N–H and O–H groups in total. The average Bonchev–Trinajstić information content (AvgIpc) is 2.48. The number of amidine groups is 1. The molecule has 2 rings (SSSR count). The van der Waals surface area contributed by atoms with Crippen LogP contribution in [-0.2, 0) is 6.61 Å². The topological polar surface area (TPSA) is 88.6 Å². The van der Waals surface area contributed by atoms with Gasteiger partial charge in [0.2, 0.25) is 0 Å². The lowest BCUT2D eigenvalue weighted by atomic mass is 10.2. The summed E-state index contributed by atoms with van der Waals surface area (Å²) < 4.78 is 11.0. The van der Waals surface area contributed by atoms with E-state index in [2.05, 4.69) is 0 Å². The Labute approximate surface area is 117 Å². The molecule has 0 amide bonds. The lowest BCUT2D eigenvalue weighted by molar-refractivity contribution is 0.280. The van der Waals surface area contributed by atoms with Crippen LogP contribution >= 0.6 is 0 Å². The lowest BCUT2D eigenvalue weighted by Gasteiger charge is -2.13. The van der Waals surface area contributed by atoms with Gasteiger partial charge in [-0.3, -0.25) is 5.41 Å². The van der Waals surface area contributed by atoms with E-state index in [1.54, 1.807) is 42.5 Å². The molecular weight excluding hydrogens is 256 g/mol. The molecule has 0 aliphatic carbocycles. The summed E-state index contributed by atoms with van der Waals surface area (Å²) in [6, 6.07) is 12.2. The molecule has 0 saturated heterocycles. The van der Waals surface area contributed by atoms with Crippen molar-refractivity contribution in [2.45, 2.75) is 6.61 Å². The number of rotatable bonds is 5. The molecule has 0 saturated carbocycles. The van der Waals surface area contributed by atoms with Gasteiger partial charge in [0, 0.05) is 0 Å². The van der Waals surface area contributed by atoms with Gasteiger partial charge in [0.05, 0.1) is 19.3 Å². The van der Waals surface area contributed by atoms with Crippen molar-refractivity contribution in [3.63, 3.8) is 0 Å². The Morgan fingerprint density at radius 2 is 1.90 bits per heavy atom. The number of para-hydroxylation sites is 1. The highest BCUT2D eigenvalue weighted by molar-refractivity contribution is 5.97. The Balaban J connectivity index is 2.37. The Kier molecular flexibility index (Phi) is 4.22. The number of methoxy groups -OCH3 is 1. The van der Waals surface area contributed by atoms with Crippen molar-refractivity contribution in [1.82, 2.24) is 0 Å². The number of aliphatic hydroxyl groups is 1. The number of nitrogen functional groups attached to an aromatic ring is 1. The second kappa shape index (κ2) is 6.08. The molecule has 5 heteroatoms. The number of nitrogens with one attached hydrogen (secondary N) is 1. The molecule has 0 atom stereocenters. The number of benzene rings is 2. The minimum absolute atomic E-state index is 0.0634. The number of hydrogen-bond donors (Lipinski definition) is 3. The minimum Gasteiger partial charge on any atom is -0.493 e. The van der Waals surface area contributed by atoms with Gasteiger partial charge in [-0.15, -0.1) is 0 Å². The fourth-order valence-electron chi connectivity index (χ4n) is 1.79. The summed E-state index contributed by atoms with van der Waals surface area (Å²) >= 11 is 0. The van der Waals surface area contributed by atoms with Crippen LogP contribution in [0.4, 0.5) is 0 Å². The monoisotopic (exact) mass is 272 g/mol. The minimum atomic E-state index is -0.0688. The van der Waals surface area contributed by atoms with Crippen molar-refractivity contribution in [1.29, 1.82) is 5.41 Å². The summed E-state index contributed by atoms with van der Waals surface area (Å²) in [5.41, 5.74) is 6.77. The van der Waals surface area contributed by atoms with Crippen molar-refractivity contribution < 1.29 is 14.6 Å². The molecule has 2 aromatic carbocycles. The van der Waals surface area contributed by atoms with E-state index in [0.29, 0.717) is 22.8 Å². The first-order valence-electron chi connectivity index (χ1n) is 6.04. The molecule has 0 aromatic heterocycles. The van der Waals surface area contributed by atoms with E-state index in [4.69, 9.17) is 25.7 Å². The van der Waals surface area contributed by atoms with Gasteiger partial charge in [-0.2, -0.15) is 0 Å². The molecule has 104 valence electrons. The third-order valence-corrected chi connectivity index (χ3v) is 2.81. The molecule has 20 heavy (non-hydrogen) atoms. The van der Waals surface area contributed by atoms with Gasteiger partial charge in [0.15, 0.2) is 11.5 Å². The van der Waals surface area contributed by atoms with E-state index in [0.717, 1.165) is 5.56 Å². The van der Waals surface area contributed by atoms with Crippen LogP contribution in [-0.4, -0.2) is 18.1 Å². The molecule has 0 aliphatic rings. The maximum Gasteiger partial charge on any atom is 0.169 e. The Morgan fingerprint density at radius 1 is 1.15 bits per heavy atom. The van der Waals surface area contributed by atoms with E-state index < -0.39 is 0 Å². The number of hydrogen-bond acceptors (Lipinski definition) is 4. The van der Waals surface area contributed by atoms with E-state index in [1.165, 1.54) is 7.11 Å². The predicted molar refractivity (Wildman–Crippen MR) is 76.4 cm³/mol. The third-order valence-electron chi connectivity index (χ3n) is 2.81. The van der Waals surface area contributed by atoms with Crippen LogP contribution in [0.3, 0.4) is 0 Å². The molecule has 2 aromatic rings. The Hall–Kier alpha value is -2.53. The Morgan fingerprint density at radius 3 is 2.55 bits per heavy atom. The number of nitrogens with two attached hydrogens (primary N) is 1. The van der Waals surface area contributed by atoms with Crippen molar-refractivity contribution in [2.75, 3.05) is 7.11 Å². The first-order valence-corrected chi connectivity index (χ1v) is 6.04. The zero-order chi connectivity index (χ0) is 14.5. The van der Waals surface area contributed by atoms with Gasteiger partial charge >= 0.3 is 0 Å². The molecule has 0 radical (unpaired) electrons. The SMILES string of the molecule is COc1cc(CO)ccc1Oc1ccccc1C(=N)N. The smallest absolute Gasteiger partial charge is 0.169 e. The maximum absolute atomic E-state index is 9.11. The second-order valence-electron chi connectivity index (χ2n) is 4.16. The molecule has 0 unspecified atom stereocenters. The summed E-state index contributed by atoms with van der Waals surface area (Å²) in [5.74, 6) is 1.43. The Bertz CT molecular complexity index is 626. The van der Waals surface area contributed by atoms with Crippen LogP contribution in [0, 0.1) is 5.41 Å². The van der Waals surface area contributed by atoms with Gasteiger partial charge < -0.3 is 20.3 Å². The molecule has 0 aliphatic heterocycles. The maximum atomic E-state index is 9.11. The van der Waals surface area contributed by atoms with Crippen LogP contribution in [0.2, 0.25) is 0 Å².